The molecule has 2 heterocycles. The van der Waals surface area contributed by atoms with Gasteiger partial charge in [-0.1, -0.05) is 20.4 Å². The number of carbonyl (C=O) groups is 1. The number of rotatable bonds is 18. The van der Waals surface area contributed by atoms with Crippen molar-refractivity contribution in [3.8, 4) is 23.0 Å². The van der Waals surface area contributed by atoms with Crippen molar-refractivity contribution in [3.05, 3.63) is 76.5 Å². The zero-order valence-corrected chi connectivity index (χ0v) is 28.8. The van der Waals surface area contributed by atoms with Gasteiger partial charge in [0, 0.05) is 33.8 Å². The van der Waals surface area contributed by atoms with Gasteiger partial charge < -0.3 is 49.0 Å². The van der Waals surface area contributed by atoms with E-state index in [9.17, 15) is 45.4 Å². The van der Waals surface area contributed by atoms with Crippen LogP contribution in [0.2, 0.25) is 0 Å². The minimum absolute atomic E-state index is 0.0122. The van der Waals surface area contributed by atoms with Crippen LogP contribution in [-0.2, 0) is 22.5 Å². The summed E-state index contributed by atoms with van der Waals surface area (Å²) in [6.07, 6.45) is -7.04. The summed E-state index contributed by atoms with van der Waals surface area (Å²) in [4.78, 5) is 51.2. The second kappa shape index (κ2) is 17.7. The first-order valence-corrected chi connectivity index (χ1v) is 16.0. The molecule has 2 aromatic rings. The van der Waals surface area contributed by atoms with E-state index in [4.69, 9.17) is 39.7 Å². The maximum Gasteiger partial charge on any atom is 0.548 e. The normalized spacial score (nSPS) is 22.4. The number of nitro groups is 2. The molecule has 292 valence electrons. The summed E-state index contributed by atoms with van der Waals surface area (Å²) in [5.41, 5.74) is 11.1. The molecule has 25 nitrogen and oxygen atoms in total. The van der Waals surface area contributed by atoms with E-state index in [0.717, 1.165) is 12.1 Å². The highest BCUT2D eigenvalue weighted by atomic mass is 16.9. The number of ether oxygens (including phenoxy) is 4. The second-order valence-electron chi connectivity index (χ2n) is 11.8. The molecule has 2 aromatic carbocycles. The van der Waals surface area contributed by atoms with Gasteiger partial charge in [0.2, 0.25) is 0 Å². The Morgan fingerprint density at radius 2 is 1.19 bits per heavy atom. The third-order valence-corrected chi connectivity index (χ3v) is 8.41. The molecule has 2 fully saturated rings. The van der Waals surface area contributed by atoms with Crippen LogP contribution in [0.25, 0.3) is 20.9 Å². The summed E-state index contributed by atoms with van der Waals surface area (Å²) in [7, 11) is 2.51. The van der Waals surface area contributed by atoms with Crippen LogP contribution in [0.4, 0.5) is 16.2 Å². The van der Waals surface area contributed by atoms with Crippen molar-refractivity contribution in [3.63, 3.8) is 0 Å². The van der Waals surface area contributed by atoms with Gasteiger partial charge in [0.05, 0.1) is 62.5 Å². The van der Waals surface area contributed by atoms with E-state index in [1.165, 1.54) is 26.4 Å². The molecule has 0 radical (unpaired) electrons. The van der Waals surface area contributed by atoms with E-state index in [1.54, 1.807) is 0 Å². The summed E-state index contributed by atoms with van der Waals surface area (Å²) in [5, 5.41) is 76.1. The van der Waals surface area contributed by atoms with Crippen LogP contribution in [0.1, 0.15) is 36.8 Å². The topological polar surface area (TPSA) is 344 Å². The predicted octanol–water partition coefficient (Wildman–Crippen LogP) is 2.87. The van der Waals surface area contributed by atoms with E-state index in [2.05, 4.69) is 20.1 Å². The molecule has 0 amide bonds. The molecular weight excluding hydrogens is 728 g/mol. The van der Waals surface area contributed by atoms with Gasteiger partial charge in [0.1, 0.15) is 12.5 Å². The number of aliphatic hydroxyl groups is 4. The standard InChI is InChI=1S/C29H36N10O15/c1-49-21-11-17(19(38(45)46)13-23(21)51-9-7-32-34-30)15-28(43)5-3-25(40)36(28)53-27(42)54-37-26(41)4-6-29(37,44)16-18-12-22(50-2)24(14-20(18)39(47)48)52-10-8-33-35-31/h11-14,25-26,40-41,43-44H,3-10,15-16H2,1-2H3. The fourth-order valence-electron chi connectivity index (χ4n) is 5.97. The number of carbonyl (C=O) groups excluding carboxylic acids is 1. The number of hydroxylamine groups is 4. The molecule has 0 bridgehead atoms. The molecular formula is C29H36N10O15. The molecule has 54 heavy (non-hydrogen) atoms. The molecule has 2 aliphatic rings. The number of azide groups is 2. The molecule has 0 saturated carbocycles. The minimum Gasteiger partial charge on any atom is -0.493 e. The first-order valence-electron chi connectivity index (χ1n) is 16.0. The Hall–Kier alpha value is -5.91. The average molecular weight is 765 g/mol. The molecule has 4 unspecified atom stereocenters. The highest BCUT2D eigenvalue weighted by Gasteiger charge is 2.52. The van der Waals surface area contributed by atoms with Crippen molar-refractivity contribution in [2.45, 2.75) is 62.4 Å². The van der Waals surface area contributed by atoms with Crippen LogP contribution in [0.3, 0.4) is 0 Å². The number of benzene rings is 2. The van der Waals surface area contributed by atoms with Crippen molar-refractivity contribution in [2.75, 3.05) is 40.5 Å². The van der Waals surface area contributed by atoms with E-state index in [1.807, 2.05) is 0 Å². The summed E-state index contributed by atoms with van der Waals surface area (Å²) >= 11 is 0. The van der Waals surface area contributed by atoms with Gasteiger partial charge in [-0.15, -0.1) is 0 Å². The Bertz CT molecular complexity index is 1700. The van der Waals surface area contributed by atoms with Gasteiger partial charge in [0.25, 0.3) is 11.4 Å². The highest BCUT2D eigenvalue weighted by molar-refractivity contribution is 5.60. The minimum atomic E-state index is -2.26. The van der Waals surface area contributed by atoms with Crippen molar-refractivity contribution in [1.29, 1.82) is 0 Å². The molecule has 25 heteroatoms. The van der Waals surface area contributed by atoms with Crippen LogP contribution in [0.15, 0.2) is 34.5 Å². The fraction of sp³-hybridized carbons (Fsp3) is 0.552. The predicted molar refractivity (Wildman–Crippen MR) is 177 cm³/mol. The van der Waals surface area contributed by atoms with Gasteiger partial charge in [-0.05, 0) is 48.9 Å². The lowest BCUT2D eigenvalue weighted by Gasteiger charge is -2.35. The van der Waals surface area contributed by atoms with Crippen molar-refractivity contribution in [1.82, 2.24) is 10.1 Å². The number of methoxy groups -OCH3 is 2. The Morgan fingerprint density at radius 1 is 0.796 bits per heavy atom. The van der Waals surface area contributed by atoms with Crippen molar-refractivity contribution >= 4 is 17.5 Å². The van der Waals surface area contributed by atoms with E-state index < -0.39 is 64.1 Å². The monoisotopic (exact) mass is 764 g/mol. The van der Waals surface area contributed by atoms with Crippen molar-refractivity contribution < 1.29 is 63.7 Å². The lowest BCUT2D eigenvalue weighted by atomic mass is 9.98. The Labute approximate surface area is 304 Å². The molecule has 0 spiro atoms. The number of hydrogen-bond acceptors (Lipinski definition) is 19. The highest BCUT2D eigenvalue weighted by Crippen LogP contribution is 2.43. The molecule has 2 saturated heterocycles. The first-order chi connectivity index (χ1) is 25.7. The van der Waals surface area contributed by atoms with Gasteiger partial charge in [-0.25, -0.2) is 0 Å². The Kier molecular flexibility index (Phi) is 13.4. The van der Waals surface area contributed by atoms with Gasteiger partial charge in [0.15, 0.2) is 34.4 Å². The first kappa shape index (κ1) is 40.9. The van der Waals surface area contributed by atoms with E-state index in [-0.39, 0.29) is 86.1 Å². The zero-order chi connectivity index (χ0) is 39.6. The smallest absolute Gasteiger partial charge is 0.493 e. The maximum absolute atomic E-state index is 13.1. The fourth-order valence-corrected chi connectivity index (χ4v) is 5.97. The molecule has 0 aromatic heterocycles. The third kappa shape index (κ3) is 9.35. The van der Waals surface area contributed by atoms with Crippen LogP contribution >= 0.6 is 0 Å². The van der Waals surface area contributed by atoms with Crippen LogP contribution in [0.5, 0.6) is 23.0 Å². The molecule has 4 rings (SSSR count). The molecule has 2 aliphatic heterocycles. The van der Waals surface area contributed by atoms with Crippen molar-refractivity contribution in [2.24, 2.45) is 10.2 Å². The summed E-state index contributed by atoms with van der Waals surface area (Å²) in [5.74, 6) is -0.109. The quantitative estimate of drug-likeness (QED) is 0.0423. The second-order valence-corrected chi connectivity index (χ2v) is 11.8. The maximum atomic E-state index is 13.1. The molecule has 4 atom stereocenters. The zero-order valence-electron chi connectivity index (χ0n) is 28.8. The largest absolute Gasteiger partial charge is 0.548 e. The summed E-state index contributed by atoms with van der Waals surface area (Å²) in [6, 6.07) is 4.47. The molecule has 0 aliphatic carbocycles. The average Bonchev–Trinajstić information content (AvgIpc) is 3.57. The van der Waals surface area contributed by atoms with Crippen LogP contribution in [0, 0.1) is 20.2 Å². The number of nitro benzene ring substituents is 2. The lowest BCUT2D eigenvalue weighted by molar-refractivity contribution is -0.386. The summed E-state index contributed by atoms with van der Waals surface area (Å²) in [6.45, 7) is -0.433. The van der Waals surface area contributed by atoms with E-state index >= 15 is 0 Å². The SMILES string of the molecule is COc1cc(CC2(O)CCC(O)N2OC(=O)ON2C(O)CCC2(O)Cc2cc(OC)c(OCCN=[N+]=[N-])cc2[N+](=O)[O-])c([N+](=O)[O-])cc1OCCN=[N+]=[N-]. The molecule has 4 N–H and O–H groups in total. The Balaban J connectivity index is 1.54. The third-order valence-electron chi connectivity index (χ3n) is 8.41. The van der Waals surface area contributed by atoms with Crippen LogP contribution in [-0.4, -0.2) is 111 Å². The number of hydrogen-bond donors (Lipinski definition) is 4. The summed E-state index contributed by atoms with van der Waals surface area (Å²) < 4.78 is 21.5. The number of aliphatic hydroxyl groups excluding tert-OH is 2. The van der Waals surface area contributed by atoms with Crippen LogP contribution < -0.4 is 18.9 Å². The number of nitrogens with zero attached hydrogens (tertiary/aromatic N) is 10. The van der Waals surface area contributed by atoms with Gasteiger partial charge in [-0.3, -0.25) is 20.2 Å². The Morgan fingerprint density at radius 3 is 1.52 bits per heavy atom. The van der Waals surface area contributed by atoms with Gasteiger partial charge in [-0.2, -0.15) is 4.79 Å². The van der Waals surface area contributed by atoms with Gasteiger partial charge >= 0.3 is 6.16 Å². The lowest BCUT2D eigenvalue weighted by Crippen LogP contribution is -2.53. The van der Waals surface area contributed by atoms with E-state index in [0.29, 0.717) is 10.1 Å².